The van der Waals surface area contributed by atoms with E-state index in [4.69, 9.17) is 4.74 Å². The number of methoxy groups -OCH3 is 1. The Morgan fingerprint density at radius 3 is 2.73 bits per heavy atom. The van der Waals surface area contributed by atoms with Gasteiger partial charge in [0.25, 0.3) is 5.91 Å². The molecule has 2 N–H and O–H groups in total. The number of anilines is 1. The molecule has 0 aliphatic carbocycles. The van der Waals surface area contributed by atoms with E-state index in [1.165, 1.54) is 6.08 Å². The summed E-state index contributed by atoms with van der Waals surface area (Å²) >= 11 is 0. The smallest absolute Gasteiger partial charge is 0.252 e. The lowest BCUT2D eigenvalue weighted by atomic mass is 9.93. The molecule has 1 aliphatic heterocycles. The number of rotatable bonds is 4. The molecule has 132 valence electrons. The molecule has 0 fully saturated rings. The highest BCUT2D eigenvalue weighted by Crippen LogP contribution is 2.30. The van der Waals surface area contributed by atoms with Crippen LogP contribution in [0.2, 0.25) is 0 Å². The molecule has 1 heterocycles. The van der Waals surface area contributed by atoms with Crippen LogP contribution in [0.3, 0.4) is 0 Å². The zero-order valence-electron chi connectivity index (χ0n) is 14.5. The Morgan fingerprint density at radius 1 is 1.23 bits per heavy atom. The van der Waals surface area contributed by atoms with Crippen molar-refractivity contribution in [2.45, 2.75) is 6.92 Å². The van der Waals surface area contributed by atoms with Crippen LogP contribution in [0, 0.1) is 6.92 Å². The summed E-state index contributed by atoms with van der Waals surface area (Å²) in [6.07, 6.45) is 2.11. The van der Waals surface area contributed by atoms with E-state index in [0.717, 1.165) is 5.56 Å². The van der Waals surface area contributed by atoms with Crippen LogP contribution in [0.15, 0.2) is 42.5 Å². The minimum atomic E-state index is -0.379. The van der Waals surface area contributed by atoms with E-state index in [-0.39, 0.29) is 18.4 Å². The number of carbonyl (C=O) groups excluding carboxylic acids is 3. The summed E-state index contributed by atoms with van der Waals surface area (Å²) in [5, 5.41) is 5.46. The van der Waals surface area contributed by atoms with Gasteiger partial charge in [-0.2, -0.15) is 0 Å². The van der Waals surface area contributed by atoms with E-state index in [1.54, 1.807) is 43.5 Å². The van der Waals surface area contributed by atoms with Crippen LogP contribution < -0.4 is 15.4 Å². The second-order valence-corrected chi connectivity index (χ2v) is 5.91. The fourth-order valence-corrected chi connectivity index (χ4v) is 2.90. The van der Waals surface area contributed by atoms with Gasteiger partial charge in [-0.25, -0.2) is 0 Å². The van der Waals surface area contributed by atoms with Crippen LogP contribution in [-0.4, -0.2) is 31.8 Å². The van der Waals surface area contributed by atoms with Gasteiger partial charge in [0.15, 0.2) is 6.29 Å². The third kappa shape index (κ3) is 3.35. The second-order valence-electron chi connectivity index (χ2n) is 5.91. The Labute approximate surface area is 150 Å². The molecule has 0 saturated carbocycles. The average Bonchev–Trinajstić information content (AvgIpc) is 2.64. The first kappa shape index (κ1) is 17.4. The lowest BCUT2D eigenvalue weighted by Gasteiger charge is -2.21. The summed E-state index contributed by atoms with van der Waals surface area (Å²) in [7, 11) is 1.56. The average molecular weight is 350 g/mol. The van der Waals surface area contributed by atoms with E-state index in [1.807, 2.05) is 6.92 Å². The first-order chi connectivity index (χ1) is 12.5. The molecule has 2 amide bonds. The predicted molar refractivity (Wildman–Crippen MR) is 98.5 cm³/mol. The number of nitrogens with one attached hydrogen (secondary N) is 2. The molecule has 2 aromatic carbocycles. The standard InChI is InChI=1S/C20H18N2O4/c1-12-7-16-15(9-18(12)26-2)14(10-21-20(16)25)8-19(24)22-17-6-4-3-5-13(17)11-23/h3-9,11H,10H2,1-2H3,(H,21,25)(H,22,24)/b14-8+. The highest BCUT2D eigenvalue weighted by molar-refractivity contribution is 6.10. The van der Waals surface area contributed by atoms with Crippen molar-refractivity contribution < 1.29 is 19.1 Å². The lowest BCUT2D eigenvalue weighted by Crippen LogP contribution is -2.31. The predicted octanol–water partition coefficient (Wildman–Crippen LogP) is 2.58. The van der Waals surface area contributed by atoms with E-state index >= 15 is 0 Å². The first-order valence-electron chi connectivity index (χ1n) is 8.06. The van der Waals surface area contributed by atoms with Crippen LogP contribution in [0.4, 0.5) is 5.69 Å². The number of aldehydes is 1. The molecule has 6 nitrogen and oxygen atoms in total. The SMILES string of the molecule is COc1cc2c(cc1C)C(=O)NC/C2=C\C(=O)Nc1ccccc1C=O. The zero-order chi connectivity index (χ0) is 18.7. The van der Waals surface area contributed by atoms with Crippen molar-refractivity contribution in [3.63, 3.8) is 0 Å². The summed E-state index contributed by atoms with van der Waals surface area (Å²) in [6, 6.07) is 10.2. The Kier molecular flexibility index (Phi) is 4.84. The van der Waals surface area contributed by atoms with Crippen LogP contribution in [0.1, 0.15) is 31.8 Å². The van der Waals surface area contributed by atoms with Crippen molar-refractivity contribution in [1.29, 1.82) is 0 Å². The first-order valence-corrected chi connectivity index (χ1v) is 8.06. The topological polar surface area (TPSA) is 84.5 Å². The van der Waals surface area contributed by atoms with E-state index in [0.29, 0.717) is 40.0 Å². The van der Waals surface area contributed by atoms with Gasteiger partial charge in [-0.05, 0) is 47.9 Å². The fourth-order valence-electron chi connectivity index (χ4n) is 2.90. The monoisotopic (exact) mass is 350 g/mol. The number of carbonyl (C=O) groups is 3. The maximum Gasteiger partial charge on any atom is 0.252 e. The Balaban J connectivity index is 1.95. The quantitative estimate of drug-likeness (QED) is 0.656. The molecule has 3 rings (SSSR count). The maximum atomic E-state index is 12.4. The van der Waals surface area contributed by atoms with Gasteiger partial charge >= 0.3 is 0 Å². The molecular formula is C20H18N2O4. The number of ether oxygens (including phenoxy) is 1. The highest BCUT2D eigenvalue weighted by Gasteiger charge is 2.23. The molecule has 0 bridgehead atoms. The Bertz CT molecular complexity index is 931. The van der Waals surface area contributed by atoms with E-state index in [2.05, 4.69) is 10.6 Å². The number of fused-ring (bicyclic) bond motifs is 1. The lowest BCUT2D eigenvalue weighted by molar-refractivity contribution is -0.111. The summed E-state index contributed by atoms with van der Waals surface area (Å²) in [4.78, 5) is 35.6. The molecule has 0 unspecified atom stereocenters. The number of para-hydroxylation sites is 1. The van der Waals surface area contributed by atoms with Crippen molar-refractivity contribution in [3.05, 3.63) is 64.7 Å². The number of benzene rings is 2. The molecule has 0 atom stereocenters. The summed E-state index contributed by atoms with van der Waals surface area (Å²) < 4.78 is 5.33. The van der Waals surface area contributed by atoms with Crippen LogP contribution >= 0.6 is 0 Å². The van der Waals surface area contributed by atoms with Crippen molar-refractivity contribution in [2.75, 3.05) is 19.0 Å². The van der Waals surface area contributed by atoms with Gasteiger partial charge in [0, 0.05) is 23.7 Å². The minimum absolute atomic E-state index is 0.186. The molecule has 6 heteroatoms. The van der Waals surface area contributed by atoms with Gasteiger partial charge in [0.05, 0.1) is 12.8 Å². The van der Waals surface area contributed by atoms with Crippen molar-refractivity contribution in [3.8, 4) is 5.75 Å². The van der Waals surface area contributed by atoms with Crippen molar-refractivity contribution in [2.24, 2.45) is 0 Å². The number of amides is 2. The van der Waals surface area contributed by atoms with Crippen LogP contribution in [0.5, 0.6) is 5.75 Å². The molecular weight excluding hydrogens is 332 g/mol. The number of aryl methyl sites for hydroxylation is 1. The molecule has 0 aromatic heterocycles. The molecule has 1 aliphatic rings. The summed E-state index contributed by atoms with van der Waals surface area (Å²) in [5.74, 6) is 0.0848. The van der Waals surface area contributed by atoms with Gasteiger partial charge in [-0.3, -0.25) is 14.4 Å². The fraction of sp³-hybridized carbons (Fsp3) is 0.150. The van der Waals surface area contributed by atoms with E-state index in [9.17, 15) is 14.4 Å². The van der Waals surface area contributed by atoms with Crippen molar-refractivity contribution >= 4 is 29.4 Å². The van der Waals surface area contributed by atoms with E-state index < -0.39 is 0 Å². The highest BCUT2D eigenvalue weighted by atomic mass is 16.5. The zero-order valence-corrected chi connectivity index (χ0v) is 14.5. The summed E-state index contributed by atoms with van der Waals surface area (Å²) in [5.41, 5.74) is 3.50. The van der Waals surface area contributed by atoms with Gasteiger partial charge in [-0.1, -0.05) is 12.1 Å². The van der Waals surface area contributed by atoms with Gasteiger partial charge < -0.3 is 15.4 Å². The van der Waals surface area contributed by atoms with Crippen LogP contribution in [-0.2, 0) is 4.79 Å². The Morgan fingerprint density at radius 2 is 2.00 bits per heavy atom. The molecule has 2 aromatic rings. The molecule has 0 spiro atoms. The van der Waals surface area contributed by atoms with Gasteiger partial charge in [0.2, 0.25) is 5.91 Å². The third-order valence-electron chi connectivity index (χ3n) is 4.22. The molecule has 26 heavy (non-hydrogen) atoms. The summed E-state index contributed by atoms with van der Waals surface area (Å²) in [6.45, 7) is 2.09. The van der Waals surface area contributed by atoms with Gasteiger partial charge in [0.1, 0.15) is 5.75 Å². The normalized spacial score (nSPS) is 14.4. The Hall–Kier alpha value is -3.41. The van der Waals surface area contributed by atoms with Gasteiger partial charge in [-0.15, -0.1) is 0 Å². The number of hydrogen-bond donors (Lipinski definition) is 2. The largest absolute Gasteiger partial charge is 0.496 e. The molecule has 0 radical (unpaired) electrons. The second kappa shape index (κ2) is 7.23. The van der Waals surface area contributed by atoms with Crippen LogP contribution in [0.25, 0.3) is 5.57 Å². The molecule has 0 saturated heterocycles. The third-order valence-corrected chi connectivity index (χ3v) is 4.22. The number of hydrogen-bond acceptors (Lipinski definition) is 4. The van der Waals surface area contributed by atoms with Crippen molar-refractivity contribution in [1.82, 2.24) is 5.32 Å². The minimum Gasteiger partial charge on any atom is -0.496 e. The maximum absolute atomic E-state index is 12.4.